The fraction of sp³-hybridized carbons (Fsp3) is 0.538. The van der Waals surface area contributed by atoms with Crippen molar-refractivity contribution < 1.29 is 4.39 Å². The topological polar surface area (TPSA) is 29.3 Å². The van der Waals surface area contributed by atoms with Crippen molar-refractivity contribution in [1.29, 1.82) is 0 Å². The minimum Gasteiger partial charge on any atom is -0.320 e. The van der Waals surface area contributed by atoms with Crippen LogP contribution in [0.1, 0.15) is 24.0 Å². The Kier molecular flexibility index (Phi) is 3.00. The Morgan fingerprint density at radius 2 is 2.19 bits per heavy atom. The summed E-state index contributed by atoms with van der Waals surface area (Å²) in [6.45, 7) is 3.73. The number of benzene rings is 1. The molecule has 1 heterocycles. The van der Waals surface area contributed by atoms with E-state index in [4.69, 9.17) is 5.73 Å². The molecule has 2 N–H and O–H groups in total. The van der Waals surface area contributed by atoms with E-state index in [1.807, 2.05) is 12.1 Å². The van der Waals surface area contributed by atoms with E-state index in [9.17, 15) is 4.39 Å². The molecule has 1 aliphatic heterocycles. The highest BCUT2D eigenvalue weighted by molar-refractivity contribution is 5.30. The summed E-state index contributed by atoms with van der Waals surface area (Å²) in [6.07, 6.45) is 2.08. The van der Waals surface area contributed by atoms with Crippen LogP contribution in [0.15, 0.2) is 18.2 Å². The highest BCUT2D eigenvalue weighted by Crippen LogP contribution is 2.29. The summed E-state index contributed by atoms with van der Waals surface area (Å²) in [5.41, 5.74) is 7.84. The first-order valence-electron chi connectivity index (χ1n) is 5.75. The Bertz CT molecular complexity index is 392. The van der Waals surface area contributed by atoms with Gasteiger partial charge in [-0.3, -0.25) is 0 Å². The maximum atomic E-state index is 13.2. The summed E-state index contributed by atoms with van der Waals surface area (Å²) >= 11 is 0. The molecule has 1 saturated heterocycles. The number of hydrogen-bond donors (Lipinski definition) is 1. The molecule has 0 saturated carbocycles. The summed E-state index contributed by atoms with van der Waals surface area (Å²) in [5, 5.41) is 0. The van der Waals surface area contributed by atoms with Gasteiger partial charge in [0.15, 0.2) is 0 Å². The molecule has 1 unspecified atom stereocenters. The molecule has 0 radical (unpaired) electrons. The Labute approximate surface area is 96.2 Å². The van der Waals surface area contributed by atoms with E-state index in [1.165, 1.54) is 6.07 Å². The second-order valence-electron chi connectivity index (χ2n) is 4.96. The number of nitrogens with zero attached hydrogens (tertiary/aromatic N) is 1. The summed E-state index contributed by atoms with van der Waals surface area (Å²) in [7, 11) is 2.08. The minimum absolute atomic E-state index is 0.156. The van der Waals surface area contributed by atoms with Crippen molar-refractivity contribution in [3.05, 3.63) is 35.1 Å². The van der Waals surface area contributed by atoms with Crippen molar-refractivity contribution in [3.63, 3.8) is 0 Å². The van der Waals surface area contributed by atoms with Crippen LogP contribution in [0.2, 0.25) is 0 Å². The molecule has 1 aromatic carbocycles. The predicted octanol–water partition coefficient (Wildman–Crippen LogP) is 2.01. The zero-order valence-corrected chi connectivity index (χ0v) is 9.96. The average molecular weight is 222 g/mol. The quantitative estimate of drug-likeness (QED) is 0.787. The maximum absolute atomic E-state index is 13.2. The smallest absolute Gasteiger partial charge is 0.126 e. The molecule has 3 heteroatoms. The van der Waals surface area contributed by atoms with Gasteiger partial charge in [-0.2, -0.15) is 0 Å². The van der Waals surface area contributed by atoms with Crippen LogP contribution in [0.3, 0.4) is 0 Å². The lowest BCUT2D eigenvalue weighted by Crippen LogP contribution is -2.50. The van der Waals surface area contributed by atoms with Crippen LogP contribution in [0.5, 0.6) is 0 Å². The largest absolute Gasteiger partial charge is 0.320 e. The van der Waals surface area contributed by atoms with Gasteiger partial charge in [0, 0.05) is 6.54 Å². The van der Waals surface area contributed by atoms with Crippen molar-refractivity contribution >= 4 is 0 Å². The number of likely N-dealkylation sites (N-methyl/N-ethyl adjacent to an activating group) is 1. The molecule has 16 heavy (non-hydrogen) atoms. The van der Waals surface area contributed by atoms with Gasteiger partial charge >= 0.3 is 0 Å². The molecule has 2 rings (SSSR count). The number of nitrogens with two attached hydrogens (primary N) is 1. The number of piperidine rings is 1. The Balaban J connectivity index is 2.31. The first-order chi connectivity index (χ1) is 7.51. The summed E-state index contributed by atoms with van der Waals surface area (Å²) in [4.78, 5) is 2.24. The van der Waals surface area contributed by atoms with Gasteiger partial charge in [0.25, 0.3) is 0 Å². The Morgan fingerprint density at radius 1 is 1.44 bits per heavy atom. The van der Waals surface area contributed by atoms with E-state index in [0.717, 1.165) is 31.5 Å². The van der Waals surface area contributed by atoms with E-state index < -0.39 is 0 Å². The standard InChI is InChI=1S/C13H19FN2/c1-10-8-11(4-5-12(10)14)13(15)6-3-7-16(2)9-13/h4-5,8H,3,6-7,9,15H2,1-2H3. The molecule has 1 aliphatic rings. The highest BCUT2D eigenvalue weighted by atomic mass is 19.1. The molecule has 1 fully saturated rings. The molecule has 0 aromatic heterocycles. The van der Waals surface area contributed by atoms with Crippen LogP contribution in [0.4, 0.5) is 4.39 Å². The number of likely N-dealkylation sites (tertiary alicyclic amines) is 1. The normalized spacial score (nSPS) is 27.0. The minimum atomic E-state index is -0.314. The predicted molar refractivity (Wildman–Crippen MR) is 63.7 cm³/mol. The zero-order chi connectivity index (χ0) is 11.8. The summed E-state index contributed by atoms with van der Waals surface area (Å²) in [6, 6.07) is 5.23. The van der Waals surface area contributed by atoms with Crippen LogP contribution >= 0.6 is 0 Å². The monoisotopic (exact) mass is 222 g/mol. The van der Waals surface area contributed by atoms with Gasteiger partial charge in [-0.05, 0) is 50.6 Å². The van der Waals surface area contributed by atoms with E-state index in [0.29, 0.717) is 5.56 Å². The molecule has 0 amide bonds. The third-order valence-corrected chi connectivity index (χ3v) is 3.45. The lowest BCUT2D eigenvalue weighted by atomic mass is 9.83. The number of halogens is 1. The second kappa shape index (κ2) is 4.15. The second-order valence-corrected chi connectivity index (χ2v) is 4.96. The average Bonchev–Trinajstić information content (AvgIpc) is 2.21. The molecule has 1 aromatic rings. The van der Waals surface area contributed by atoms with Crippen LogP contribution < -0.4 is 5.73 Å². The first kappa shape index (κ1) is 11.6. The lowest BCUT2D eigenvalue weighted by Gasteiger charge is -2.39. The molecule has 1 atom stereocenters. The first-order valence-corrected chi connectivity index (χ1v) is 5.75. The molecular formula is C13H19FN2. The van der Waals surface area contributed by atoms with Crippen LogP contribution in [0.25, 0.3) is 0 Å². The highest BCUT2D eigenvalue weighted by Gasteiger charge is 2.32. The van der Waals surface area contributed by atoms with Crippen LogP contribution in [-0.2, 0) is 5.54 Å². The molecule has 0 bridgehead atoms. The number of hydrogen-bond acceptors (Lipinski definition) is 2. The number of rotatable bonds is 1. The van der Waals surface area contributed by atoms with Crippen molar-refractivity contribution in [1.82, 2.24) is 4.90 Å². The van der Waals surface area contributed by atoms with E-state index >= 15 is 0 Å². The SMILES string of the molecule is Cc1cc(C2(N)CCCN(C)C2)ccc1F. The molecule has 2 nitrogen and oxygen atoms in total. The van der Waals surface area contributed by atoms with Gasteiger partial charge in [0.05, 0.1) is 5.54 Å². The summed E-state index contributed by atoms with van der Waals surface area (Å²) in [5.74, 6) is -0.156. The van der Waals surface area contributed by atoms with Crippen molar-refractivity contribution in [2.75, 3.05) is 20.1 Å². The third-order valence-electron chi connectivity index (χ3n) is 3.45. The van der Waals surface area contributed by atoms with Gasteiger partial charge in [-0.25, -0.2) is 4.39 Å². The van der Waals surface area contributed by atoms with E-state index in [-0.39, 0.29) is 11.4 Å². The van der Waals surface area contributed by atoms with E-state index in [1.54, 1.807) is 6.92 Å². The van der Waals surface area contributed by atoms with Crippen molar-refractivity contribution in [2.24, 2.45) is 5.73 Å². The molecular weight excluding hydrogens is 203 g/mol. The third kappa shape index (κ3) is 2.11. The molecule has 88 valence electrons. The zero-order valence-electron chi connectivity index (χ0n) is 9.96. The fourth-order valence-electron chi connectivity index (χ4n) is 2.49. The Morgan fingerprint density at radius 3 is 2.81 bits per heavy atom. The Hall–Kier alpha value is -0.930. The van der Waals surface area contributed by atoms with E-state index in [2.05, 4.69) is 11.9 Å². The maximum Gasteiger partial charge on any atom is 0.126 e. The van der Waals surface area contributed by atoms with Gasteiger partial charge in [-0.1, -0.05) is 12.1 Å². The lowest BCUT2D eigenvalue weighted by molar-refractivity contribution is 0.179. The van der Waals surface area contributed by atoms with Gasteiger partial charge in [-0.15, -0.1) is 0 Å². The van der Waals surface area contributed by atoms with Gasteiger partial charge < -0.3 is 10.6 Å². The molecule has 0 aliphatic carbocycles. The molecule has 0 spiro atoms. The summed E-state index contributed by atoms with van der Waals surface area (Å²) < 4.78 is 13.2. The van der Waals surface area contributed by atoms with Crippen molar-refractivity contribution in [2.45, 2.75) is 25.3 Å². The fourth-order valence-corrected chi connectivity index (χ4v) is 2.49. The number of aryl methyl sites for hydroxylation is 1. The van der Waals surface area contributed by atoms with Gasteiger partial charge in [0.2, 0.25) is 0 Å². The van der Waals surface area contributed by atoms with Gasteiger partial charge in [0.1, 0.15) is 5.82 Å². The van der Waals surface area contributed by atoms with Crippen LogP contribution in [0, 0.1) is 12.7 Å². The van der Waals surface area contributed by atoms with Crippen LogP contribution in [-0.4, -0.2) is 25.0 Å². The van der Waals surface area contributed by atoms with Crippen molar-refractivity contribution in [3.8, 4) is 0 Å².